The number of carbonyl (C=O) groups excluding carboxylic acids is 2. The van der Waals surface area contributed by atoms with Gasteiger partial charge in [-0.2, -0.15) is 0 Å². The average molecular weight is 217 g/mol. The number of amides is 1. The summed E-state index contributed by atoms with van der Waals surface area (Å²) < 4.78 is 26.0. The number of rotatable bonds is 3. The number of hydrogen-bond donors (Lipinski definition) is 1. The van der Waals surface area contributed by atoms with Gasteiger partial charge in [-0.3, -0.25) is 4.79 Å². The molecule has 0 saturated heterocycles. The summed E-state index contributed by atoms with van der Waals surface area (Å²) in [6.07, 6.45) is 0.748. The minimum atomic E-state index is -2.60. The number of fused-ring (bicyclic) bond motifs is 1. The van der Waals surface area contributed by atoms with Crippen LogP contribution in [0.2, 0.25) is 0 Å². The summed E-state index contributed by atoms with van der Waals surface area (Å²) in [5.41, 5.74) is 0. The molecule has 0 radical (unpaired) electrons. The molecule has 5 heteroatoms. The van der Waals surface area contributed by atoms with E-state index in [1.807, 2.05) is 0 Å². The van der Waals surface area contributed by atoms with Gasteiger partial charge in [0.25, 0.3) is 0 Å². The molecule has 2 fully saturated rings. The molecular weight excluding hydrogens is 204 g/mol. The van der Waals surface area contributed by atoms with Crippen molar-refractivity contribution >= 4 is 12.2 Å². The van der Waals surface area contributed by atoms with Crippen molar-refractivity contribution in [2.24, 2.45) is 17.8 Å². The molecule has 2 rings (SSSR count). The second-order valence-corrected chi connectivity index (χ2v) is 4.36. The SMILES string of the molecule is O=CCNC(=O)[C@H]1C2CCC(F)(F)CC21. The maximum Gasteiger partial charge on any atom is 0.248 e. The van der Waals surface area contributed by atoms with Crippen molar-refractivity contribution in [1.29, 1.82) is 0 Å². The van der Waals surface area contributed by atoms with Crippen LogP contribution in [0.3, 0.4) is 0 Å². The molecule has 3 nitrogen and oxygen atoms in total. The highest BCUT2D eigenvalue weighted by Gasteiger charge is 2.60. The molecule has 2 unspecified atom stereocenters. The van der Waals surface area contributed by atoms with E-state index in [2.05, 4.69) is 5.32 Å². The predicted molar refractivity (Wildman–Crippen MR) is 48.3 cm³/mol. The van der Waals surface area contributed by atoms with Crippen LogP contribution in [0, 0.1) is 17.8 Å². The van der Waals surface area contributed by atoms with E-state index in [1.54, 1.807) is 0 Å². The van der Waals surface area contributed by atoms with Crippen molar-refractivity contribution in [2.45, 2.75) is 25.2 Å². The zero-order chi connectivity index (χ0) is 11.1. The number of nitrogens with one attached hydrogen (secondary N) is 1. The first-order valence-electron chi connectivity index (χ1n) is 5.14. The van der Waals surface area contributed by atoms with E-state index in [0.717, 1.165) is 0 Å². The zero-order valence-corrected chi connectivity index (χ0v) is 8.21. The third kappa shape index (κ3) is 2.01. The van der Waals surface area contributed by atoms with E-state index in [0.29, 0.717) is 12.7 Å². The molecule has 2 aliphatic carbocycles. The number of hydrogen-bond acceptors (Lipinski definition) is 2. The van der Waals surface area contributed by atoms with Gasteiger partial charge in [0.15, 0.2) is 0 Å². The smallest absolute Gasteiger partial charge is 0.248 e. The van der Waals surface area contributed by atoms with Crippen LogP contribution in [-0.2, 0) is 9.59 Å². The summed E-state index contributed by atoms with van der Waals surface area (Å²) in [4.78, 5) is 21.5. The van der Waals surface area contributed by atoms with Crippen LogP contribution >= 0.6 is 0 Å². The van der Waals surface area contributed by atoms with Crippen LogP contribution in [-0.4, -0.2) is 24.7 Å². The van der Waals surface area contributed by atoms with Gasteiger partial charge in [0.1, 0.15) is 6.29 Å². The normalized spacial score (nSPS) is 36.5. The van der Waals surface area contributed by atoms with Crippen molar-refractivity contribution < 1.29 is 18.4 Å². The lowest BCUT2D eigenvalue weighted by Crippen LogP contribution is -2.27. The highest BCUT2D eigenvalue weighted by atomic mass is 19.3. The molecule has 0 spiro atoms. The monoisotopic (exact) mass is 217 g/mol. The summed E-state index contributed by atoms with van der Waals surface area (Å²) in [6.45, 7) is -0.0227. The molecule has 84 valence electrons. The summed E-state index contributed by atoms with van der Waals surface area (Å²) in [5, 5.41) is 2.43. The van der Waals surface area contributed by atoms with Gasteiger partial charge in [-0.15, -0.1) is 0 Å². The fourth-order valence-corrected chi connectivity index (χ4v) is 2.59. The minimum Gasteiger partial charge on any atom is -0.349 e. The molecular formula is C10H13F2NO2. The Morgan fingerprint density at radius 2 is 2.20 bits per heavy atom. The Labute approximate surface area is 86.2 Å². The molecule has 1 N–H and O–H groups in total. The van der Waals surface area contributed by atoms with E-state index in [-0.39, 0.29) is 43.0 Å². The molecule has 0 aromatic heterocycles. The summed E-state index contributed by atoms with van der Waals surface area (Å²) in [6, 6.07) is 0. The van der Waals surface area contributed by atoms with Crippen LogP contribution in [0.5, 0.6) is 0 Å². The zero-order valence-electron chi connectivity index (χ0n) is 8.21. The van der Waals surface area contributed by atoms with Gasteiger partial charge in [0, 0.05) is 18.8 Å². The maximum atomic E-state index is 13.0. The van der Waals surface area contributed by atoms with Gasteiger partial charge >= 0.3 is 0 Å². The first kappa shape index (κ1) is 10.5. The standard InChI is InChI=1S/C10H13F2NO2/c11-10(12)2-1-6-7(5-10)8(6)9(15)13-3-4-14/h4,6-8H,1-3,5H2,(H,13,15)/t6?,7?,8-/m0/s1. The van der Waals surface area contributed by atoms with Crippen LogP contribution in [0.1, 0.15) is 19.3 Å². The number of carbonyl (C=O) groups is 2. The van der Waals surface area contributed by atoms with Gasteiger partial charge in [-0.05, 0) is 18.3 Å². The summed E-state index contributed by atoms with van der Waals surface area (Å²) >= 11 is 0. The van der Waals surface area contributed by atoms with Crippen molar-refractivity contribution in [3.63, 3.8) is 0 Å². The van der Waals surface area contributed by atoms with Crippen molar-refractivity contribution in [3.05, 3.63) is 0 Å². The lowest BCUT2D eigenvalue weighted by molar-refractivity contribution is -0.124. The van der Waals surface area contributed by atoms with Crippen molar-refractivity contribution in [2.75, 3.05) is 6.54 Å². The predicted octanol–water partition coefficient (Wildman–Crippen LogP) is 0.983. The van der Waals surface area contributed by atoms with Gasteiger partial charge in [0.2, 0.25) is 11.8 Å². The number of aldehydes is 1. The van der Waals surface area contributed by atoms with Gasteiger partial charge in [0.05, 0.1) is 6.54 Å². The lowest BCUT2D eigenvalue weighted by Gasteiger charge is -2.19. The maximum absolute atomic E-state index is 13.0. The first-order valence-corrected chi connectivity index (χ1v) is 5.14. The van der Waals surface area contributed by atoms with Crippen LogP contribution in [0.25, 0.3) is 0 Å². The van der Waals surface area contributed by atoms with E-state index in [4.69, 9.17) is 0 Å². The molecule has 1 amide bonds. The molecule has 15 heavy (non-hydrogen) atoms. The summed E-state index contributed by atoms with van der Waals surface area (Å²) in [7, 11) is 0. The fraction of sp³-hybridized carbons (Fsp3) is 0.800. The minimum absolute atomic E-state index is 0.0227. The topological polar surface area (TPSA) is 46.2 Å². The Morgan fingerprint density at radius 3 is 2.80 bits per heavy atom. The molecule has 0 bridgehead atoms. The quantitative estimate of drug-likeness (QED) is 0.716. The van der Waals surface area contributed by atoms with E-state index in [1.165, 1.54) is 0 Å². The molecule has 2 aliphatic rings. The van der Waals surface area contributed by atoms with Gasteiger partial charge < -0.3 is 10.1 Å². The Morgan fingerprint density at radius 1 is 1.47 bits per heavy atom. The number of alkyl halides is 2. The van der Waals surface area contributed by atoms with Crippen LogP contribution < -0.4 is 5.32 Å². The second-order valence-electron chi connectivity index (χ2n) is 4.36. The molecule has 0 aliphatic heterocycles. The fourth-order valence-electron chi connectivity index (χ4n) is 2.59. The average Bonchev–Trinajstić information content (AvgIpc) is 2.85. The highest BCUT2D eigenvalue weighted by molar-refractivity contribution is 5.83. The molecule has 0 aromatic rings. The first-order chi connectivity index (χ1) is 7.05. The molecule has 0 heterocycles. The Hall–Kier alpha value is -1.00. The lowest BCUT2D eigenvalue weighted by atomic mass is 9.97. The third-order valence-corrected chi connectivity index (χ3v) is 3.37. The van der Waals surface area contributed by atoms with Crippen LogP contribution in [0.15, 0.2) is 0 Å². The Balaban J connectivity index is 1.88. The van der Waals surface area contributed by atoms with Crippen molar-refractivity contribution in [1.82, 2.24) is 5.32 Å². The largest absolute Gasteiger partial charge is 0.349 e. The molecule has 3 atom stereocenters. The van der Waals surface area contributed by atoms with Gasteiger partial charge in [-0.1, -0.05) is 0 Å². The molecule has 2 saturated carbocycles. The highest BCUT2D eigenvalue weighted by Crippen LogP contribution is 2.59. The van der Waals surface area contributed by atoms with E-state index in [9.17, 15) is 18.4 Å². The number of halogens is 2. The Kier molecular flexibility index (Phi) is 2.48. The second kappa shape index (κ2) is 3.54. The van der Waals surface area contributed by atoms with E-state index >= 15 is 0 Å². The Bertz CT molecular complexity index is 293. The van der Waals surface area contributed by atoms with Crippen molar-refractivity contribution in [3.8, 4) is 0 Å². The van der Waals surface area contributed by atoms with Crippen LogP contribution in [0.4, 0.5) is 8.78 Å². The summed E-state index contributed by atoms with van der Waals surface area (Å²) in [5.74, 6) is -3.16. The molecule has 0 aromatic carbocycles. The van der Waals surface area contributed by atoms with Gasteiger partial charge in [-0.25, -0.2) is 8.78 Å². The third-order valence-electron chi connectivity index (χ3n) is 3.37. The van der Waals surface area contributed by atoms with E-state index < -0.39 is 5.92 Å².